The van der Waals surface area contributed by atoms with E-state index in [9.17, 15) is 14.7 Å². The molecule has 0 fully saturated rings. The van der Waals surface area contributed by atoms with Crippen LogP contribution in [0.25, 0.3) is 11.1 Å². The van der Waals surface area contributed by atoms with Crippen LogP contribution >= 0.6 is 0 Å². The summed E-state index contributed by atoms with van der Waals surface area (Å²) in [5, 5.41) is 10.2. The third-order valence-corrected chi connectivity index (χ3v) is 6.76. The molecule has 1 radical (unpaired) electrons. The Hall–Kier alpha value is -3.64. The van der Waals surface area contributed by atoms with Gasteiger partial charge in [-0.05, 0) is 46.6 Å². The van der Waals surface area contributed by atoms with Gasteiger partial charge in [-0.15, -0.1) is 0 Å². The number of aliphatic hydroxyl groups is 1. The van der Waals surface area contributed by atoms with Gasteiger partial charge < -0.3 is 20.5 Å². The highest BCUT2D eigenvalue weighted by atomic mass is 16.6. The second kappa shape index (κ2) is 11.9. The summed E-state index contributed by atoms with van der Waals surface area (Å²) in [5.41, 5.74) is 11.0. The number of carbonyl (C=O) groups excluding carboxylic acids is 2. The summed E-state index contributed by atoms with van der Waals surface area (Å²) >= 11 is 0. The molecule has 0 saturated carbocycles. The van der Waals surface area contributed by atoms with E-state index >= 15 is 0 Å². The molecule has 3 aromatic rings. The van der Waals surface area contributed by atoms with Crippen molar-refractivity contribution in [1.29, 1.82) is 0 Å². The Balaban J connectivity index is 1.51. The molecule has 2 amide bonds. The SMILES string of the molecule is CC([CH]CN(C(=O)OCC1c2ccccc2-c2ccccc21)C(CO)Cc1ccccc1)CC(N)=O. The van der Waals surface area contributed by atoms with Crippen LogP contribution in [0.4, 0.5) is 4.79 Å². The van der Waals surface area contributed by atoms with E-state index in [0.717, 1.165) is 27.8 Å². The smallest absolute Gasteiger partial charge is 0.410 e. The minimum Gasteiger partial charge on any atom is -0.448 e. The van der Waals surface area contributed by atoms with Crippen LogP contribution in [-0.2, 0) is 16.0 Å². The van der Waals surface area contributed by atoms with E-state index in [-0.39, 0.29) is 38.0 Å². The molecule has 0 aliphatic heterocycles. The molecule has 2 atom stereocenters. The number of ether oxygens (including phenoxy) is 1. The first-order valence-electron chi connectivity index (χ1n) is 12.4. The highest BCUT2D eigenvalue weighted by Crippen LogP contribution is 2.44. The molecule has 0 spiro atoms. The molecule has 1 aliphatic rings. The van der Waals surface area contributed by atoms with E-state index in [2.05, 4.69) is 24.3 Å². The normalized spacial score (nSPS) is 13.9. The van der Waals surface area contributed by atoms with Crippen LogP contribution in [0.15, 0.2) is 78.9 Å². The maximum atomic E-state index is 13.4. The zero-order chi connectivity index (χ0) is 25.5. The van der Waals surface area contributed by atoms with Crippen molar-refractivity contribution in [3.8, 4) is 11.1 Å². The molecule has 0 heterocycles. The van der Waals surface area contributed by atoms with Crippen LogP contribution in [0, 0.1) is 12.3 Å². The van der Waals surface area contributed by atoms with E-state index in [0.29, 0.717) is 6.42 Å². The zero-order valence-corrected chi connectivity index (χ0v) is 20.5. The molecule has 2 unspecified atom stereocenters. The number of nitrogens with two attached hydrogens (primary N) is 1. The van der Waals surface area contributed by atoms with Gasteiger partial charge in [0, 0.05) is 18.9 Å². The molecule has 0 bridgehead atoms. The average Bonchev–Trinajstić information content (AvgIpc) is 3.20. The van der Waals surface area contributed by atoms with Crippen molar-refractivity contribution in [3.05, 3.63) is 102 Å². The van der Waals surface area contributed by atoms with Gasteiger partial charge in [-0.2, -0.15) is 0 Å². The van der Waals surface area contributed by atoms with Gasteiger partial charge in [-0.25, -0.2) is 4.79 Å². The average molecular weight is 486 g/mol. The van der Waals surface area contributed by atoms with E-state index in [4.69, 9.17) is 10.5 Å². The van der Waals surface area contributed by atoms with Crippen molar-refractivity contribution < 1.29 is 19.4 Å². The molecule has 4 rings (SSSR count). The standard InChI is InChI=1S/C30H33N2O4/c1-21(17-29(31)34)15-16-32(23(19-33)18-22-9-3-2-4-10-22)30(35)36-20-28-26-13-7-5-11-24(26)25-12-6-8-14-27(25)28/h2-15,21,23,28,33H,16-20H2,1H3,(H2,31,34). The molecular formula is C30H33N2O4. The van der Waals surface area contributed by atoms with Gasteiger partial charge in [0.2, 0.25) is 5.91 Å². The Morgan fingerprint density at radius 1 is 0.972 bits per heavy atom. The fraction of sp³-hybridized carbons (Fsp3) is 0.300. The van der Waals surface area contributed by atoms with E-state index in [1.807, 2.05) is 67.9 Å². The first kappa shape index (κ1) is 25.5. The summed E-state index contributed by atoms with van der Waals surface area (Å²) in [6.45, 7) is 2.11. The molecule has 0 aromatic heterocycles. The van der Waals surface area contributed by atoms with Gasteiger partial charge in [0.05, 0.1) is 12.6 Å². The second-order valence-corrected chi connectivity index (χ2v) is 9.37. The Morgan fingerprint density at radius 3 is 2.14 bits per heavy atom. The second-order valence-electron chi connectivity index (χ2n) is 9.37. The van der Waals surface area contributed by atoms with Gasteiger partial charge in [0.15, 0.2) is 0 Å². The van der Waals surface area contributed by atoms with Gasteiger partial charge in [-0.1, -0.05) is 85.8 Å². The lowest BCUT2D eigenvalue weighted by Gasteiger charge is -2.31. The van der Waals surface area contributed by atoms with Crippen LogP contribution in [0.5, 0.6) is 0 Å². The predicted octanol–water partition coefficient (Wildman–Crippen LogP) is 4.56. The first-order valence-corrected chi connectivity index (χ1v) is 12.4. The third-order valence-electron chi connectivity index (χ3n) is 6.76. The summed E-state index contributed by atoms with van der Waals surface area (Å²) in [4.78, 5) is 26.3. The Morgan fingerprint density at radius 2 is 1.56 bits per heavy atom. The zero-order valence-electron chi connectivity index (χ0n) is 20.5. The van der Waals surface area contributed by atoms with Gasteiger partial charge in [-0.3, -0.25) is 4.79 Å². The topological polar surface area (TPSA) is 92.9 Å². The minimum absolute atomic E-state index is 0.0531. The van der Waals surface area contributed by atoms with Gasteiger partial charge in [0.25, 0.3) is 0 Å². The minimum atomic E-state index is -0.491. The quantitative estimate of drug-likeness (QED) is 0.417. The Kier molecular flexibility index (Phi) is 8.39. The fourth-order valence-electron chi connectivity index (χ4n) is 4.90. The number of primary amides is 1. The van der Waals surface area contributed by atoms with E-state index < -0.39 is 18.0 Å². The van der Waals surface area contributed by atoms with Crippen molar-refractivity contribution in [1.82, 2.24) is 4.90 Å². The molecule has 187 valence electrons. The summed E-state index contributed by atoms with van der Waals surface area (Å²) in [6, 6.07) is 25.7. The largest absolute Gasteiger partial charge is 0.448 e. The summed E-state index contributed by atoms with van der Waals surface area (Å²) < 4.78 is 5.90. The number of nitrogens with zero attached hydrogens (tertiary/aromatic N) is 1. The molecule has 1 aliphatic carbocycles. The van der Waals surface area contributed by atoms with E-state index in [1.54, 1.807) is 4.90 Å². The predicted molar refractivity (Wildman–Crippen MR) is 140 cm³/mol. The molecular weight excluding hydrogens is 452 g/mol. The lowest BCUT2D eigenvalue weighted by molar-refractivity contribution is -0.118. The number of hydrogen-bond acceptors (Lipinski definition) is 4. The summed E-state index contributed by atoms with van der Waals surface area (Å²) in [7, 11) is 0. The van der Waals surface area contributed by atoms with Crippen molar-refractivity contribution >= 4 is 12.0 Å². The third kappa shape index (κ3) is 5.94. The number of benzene rings is 3. The van der Waals surface area contributed by atoms with E-state index in [1.165, 1.54) is 0 Å². The number of aliphatic hydroxyl groups excluding tert-OH is 1. The van der Waals surface area contributed by atoms with Crippen molar-refractivity contribution in [2.75, 3.05) is 19.8 Å². The first-order chi connectivity index (χ1) is 17.5. The van der Waals surface area contributed by atoms with Crippen LogP contribution in [0.3, 0.4) is 0 Å². The highest BCUT2D eigenvalue weighted by molar-refractivity contribution is 5.79. The molecule has 6 nitrogen and oxygen atoms in total. The van der Waals surface area contributed by atoms with Crippen LogP contribution in [0.2, 0.25) is 0 Å². The number of carbonyl (C=O) groups is 2. The lowest BCUT2D eigenvalue weighted by atomic mass is 9.98. The van der Waals surface area contributed by atoms with Crippen molar-refractivity contribution in [2.45, 2.75) is 31.7 Å². The molecule has 6 heteroatoms. The molecule has 0 saturated heterocycles. The van der Waals surface area contributed by atoms with Gasteiger partial charge >= 0.3 is 6.09 Å². The lowest BCUT2D eigenvalue weighted by Crippen LogP contribution is -2.45. The highest BCUT2D eigenvalue weighted by Gasteiger charge is 2.31. The van der Waals surface area contributed by atoms with Gasteiger partial charge in [0.1, 0.15) is 6.61 Å². The molecule has 36 heavy (non-hydrogen) atoms. The molecule has 3 N–H and O–H groups in total. The summed E-state index contributed by atoms with van der Waals surface area (Å²) in [6.07, 6.45) is 2.06. The Labute approximate surface area is 212 Å². The van der Waals surface area contributed by atoms with Crippen LogP contribution in [-0.4, -0.2) is 47.8 Å². The maximum Gasteiger partial charge on any atom is 0.410 e. The maximum absolute atomic E-state index is 13.4. The van der Waals surface area contributed by atoms with Crippen molar-refractivity contribution in [3.63, 3.8) is 0 Å². The van der Waals surface area contributed by atoms with Crippen LogP contribution in [0.1, 0.15) is 36.0 Å². The number of fused-ring (bicyclic) bond motifs is 3. The number of amides is 2. The fourth-order valence-corrected chi connectivity index (χ4v) is 4.90. The summed E-state index contributed by atoms with van der Waals surface area (Å²) in [5.74, 6) is -0.556. The molecule has 3 aromatic carbocycles. The Bertz CT molecular complexity index is 1130. The van der Waals surface area contributed by atoms with Crippen molar-refractivity contribution in [2.24, 2.45) is 11.7 Å². The number of rotatable bonds is 11. The number of hydrogen-bond donors (Lipinski definition) is 2. The monoisotopic (exact) mass is 485 g/mol. The van der Waals surface area contributed by atoms with Crippen LogP contribution < -0.4 is 5.73 Å².